The van der Waals surface area contributed by atoms with Crippen molar-refractivity contribution in [2.45, 2.75) is 63.6 Å². The maximum absolute atomic E-state index is 14.4. The second-order valence-electron chi connectivity index (χ2n) is 13.2. The molecule has 5 rings (SSSR count). The molecule has 16 heteroatoms. The van der Waals surface area contributed by atoms with E-state index in [1.165, 1.54) is 66.7 Å². The van der Waals surface area contributed by atoms with E-state index in [1.54, 1.807) is 32.6 Å². The predicted molar refractivity (Wildman–Crippen MR) is 190 cm³/mol. The molecule has 4 aromatic rings. The Kier molecular flexibility index (Phi) is 11.3. The van der Waals surface area contributed by atoms with Gasteiger partial charge in [-0.2, -0.15) is 0 Å². The molecule has 3 aromatic carbocycles. The van der Waals surface area contributed by atoms with Crippen molar-refractivity contribution < 1.29 is 41.9 Å². The highest BCUT2D eigenvalue weighted by molar-refractivity contribution is 7.90. The number of sulfonamides is 1. The molecule has 0 unspecified atom stereocenters. The fraction of sp³-hybridized carbons (Fsp3) is 0.333. The fourth-order valence-corrected chi connectivity index (χ4v) is 7.11. The van der Waals surface area contributed by atoms with Gasteiger partial charge in [0.15, 0.2) is 5.58 Å². The maximum atomic E-state index is 14.4. The van der Waals surface area contributed by atoms with Crippen LogP contribution in [0.1, 0.15) is 71.9 Å². The number of phenols is 1. The van der Waals surface area contributed by atoms with Crippen LogP contribution in [0.3, 0.4) is 0 Å². The molecule has 0 spiro atoms. The van der Waals surface area contributed by atoms with E-state index in [0.29, 0.717) is 22.9 Å². The van der Waals surface area contributed by atoms with Crippen LogP contribution in [0, 0.1) is 11.8 Å². The molecule has 4 amide bonds. The highest BCUT2D eigenvalue weighted by Gasteiger charge is 2.46. The molecule has 0 radical (unpaired) electrons. The second kappa shape index (κ2) is 15.3. The molecule has 1 saturated heterocycles. The Labute approximate surface area is 305 Å². The fourth-order valence-electron chi connectivity index (χ4n) is 6.01. The summed E-state index contributed by atoms with van der Waals surface area (Å²) in [5.74, 6) is -5.41. The summed E-state index contributed by atoms with van der Waals surface area (Å²) in [7, 11) is -4.25. The number of halogens is 1. The number of fused-ring (bicyclic) bond motifs is 1. The number of aromatic nitrogens is 1. The van der Waals surface area contributed by atoms with Crippen LogP contribution < -0.4 is 10.5 Å². The van der Waals surface area contributed by atoms with Gasteiger partial charge in [0, 0.05) is 22.2 Å². The topological polar surface area (TPSA) is 210 Å². The van der Waals surface area contributed by atoms with Crippen LogP contribution in [-0.2, 0) is 19.6 Å². The van der Waals surface area contributed by atoms with Crippen molar-refractivity contribution in [1.29, 1.82) is 0 Å². The van der Waals surface area contributed by atoms with Crippen LogP contribution in [0.15, 0.2) is 76.0 Å². The molecule has 1 aromatic heterocycles. The maximum Gasteiger partial charge on any atom is 0.267 e. The predicted octanol–water partition coefficient (Wildman–Crippen LogP) is 4.16. The van der Waals surface area contributed by atoms with E-state index in [1.807, 2.05) is 4.72 Å². The molecule has 274 valence electrons. The average Bonchev–Trinajstić information content (AvgIpc) is 3.75. The highest BCUT2D eigenvalue weighted by Crippen LogP contribution is 2.30. The molecule has 0 bridgehead atoms. The Morgan fingerprint density at radius 3 is 2.21 bits per heavy atom. The number of nitrogens with two attached hydrogens (primary N) is 1. The van der Waals surface area contributed by atoms with Gasteiger partial charge in [0.1, 0.15) is 11.3 Å². The van der Waals surface area contributed by atoms with Crippen LogP contribution in [-0.4, -0.2) is 82.4 Å². The first-order chi connectivity index (χ1) is 24.5. The van der Waals surface area contributed by atoms with Crippen LogP contribution in [0.2, 0.25) is 5.02 Å². The van der Waals surface area contributed by atoms with Crippen LogP contribution in [0.5, 0.6) is 5.75 Å². The normalized spacial score (nSPS) is 16.2. The van der Waals surface area contributed by atoms with E-state index in [4.69, 9.17) is 21.8 Å². The number of amides is 4. The molecule has 2 heterocycles. The minimum atomic E-state index is -4.25. The van der Waals surface area contributed by atoms with Gasteiger partial charge in [-0.1, -0.05) is 39.3 Å². The van der Waals surface area contributed by atoms with E-state index in [-0.39, 0.29) is 51.1 Å². The molecule has 4 N–H and O–H groups in total. The largest absolute Gasteiger partial charge is 0.508 e. The number of hydrogen-bond acceptors (Lipinski definition) is 12. The quantitative estimate of drug-likeness (QED) is 0.146. The van der Waals surface area contributed by atoms with Gasteiger partial charge in [0.25, 0.3) is 39.5 Å². The summed E-state index contributed by atoms with van der Waals surface area (Å²) in [6.07, 6.45) is 0.704. The number of Topliss-reactive ketones (excluding diaryl/α,β-unsaturated/α-hetero) is 1. The number of carbonyl (C=O) groups excluding carboxylic acids is 5. The highest BCUT2D eigenvalue weighted by atomic mass is 35.5. The van der Waals surface area contributed by atoms with E-state index in [9.17, 15) is 37.5 Å². The first kappa shape index (κ1) is 38.3. The average molecular weight is 752 g/mol. The van der Waals surface area contributed by atoms with Gasteiger partial charge < -0.3 is 15.3 Å². The smallest absolute Gasteiger partial charge is 0.267 e. The second-order valence-corrected chi connectivity index (χ2v) is 15.3. The zero-order valence-corrected chi connectivity index (χ0v) is 30.3. The van der Waals surface area contributed by atoms with Crippen LogP contribution >= 0.6 is 11.6 Å². The Balaban J connectivity index is 1.41. The number of hydrogen-bond donors (Lipinski definition) is 3. The summed E-state index contributed by atoms with van der Waals surface area (Å²) >= 11 is 5.83. The first-order valence-corrected chi connectivity index (χ1v) is 18.4. The third kappa shape index (κ3) is 7.92. The van der Waals surface area contributed by atoms with Crippen LogP contribution in [0.4, 0.5) is 0 Å². The Morgan fingerprint density at radius 2 is 1.60 bits per heavy atom. The van der Waals surface area contributed by atoms with Gasteiger partial charge in [-0.25, -0.2) is 23.0 Å². The number of aromatic hydroxyl groups is 1. The third-order valence-corrected chi connectivity index (χ3v) is 10.4. The lowest BCUT2D eigenvalue weighted by molar-refractivity contribution is -0.145. The summed E-state index contributed by atoms with van der Waals surface area (Å²) in [6.45, 7) is 7.20. The zero-order chi connectivity index (χ0) is 38.1. The van der Waals surface area contributed by atoms with Gasteiger partial charge in [0.2, 0.25) is 5.78 Å². The van der Waals surface area contributed by atoms with Crippen molar-refractivity contribution >= 4 is 62.1 Å². The lowest BCUT2D eigenvalue weighted by atomic mass is 9.96. The number of ketones is 1. The molecule has 14 nitrogen and oxygen atoms in total. The summed E-state index contributed by atoms with van der Waals surface area (Å²) in [6, 6.07) is 11.0. The van der Waals surface area contributed by atoms with Gasteiger partial charge in [-0.3, -0.25) is 28.9 Å². The van der Waals surface area contributed by atoms with E-state index in [2.05, 4.69) is 4.98 Å². The summed E-state index contributed by atoms with van der Waals surface area (Å²) in [5, 5.41) is 10.1. The Morgan fingerprint density at radius 1 is 0.962 bits per heavy atom. The lowest BCUT2D eigenvalue weighted by Gasteiger charge is -2.35. The zero-order valence-electron chi connectivity index (χ0n) is 28.8. The van der Waals surface area contributed by atoms with Gasteiger partial charge >= 0.3 is 0 Å². The number of phenolic OH excluding ortho intramolecular Hbond substituents is 1. The Bertz CT molecular complexity index is 2130. The minimum Gasteiger partial charge on any atom is -0.508 e. The van der Waals surface area contributed by atoms with E-state index < -0.39 is 63.5 Å². The number of rotatable bonds is 11. The van der Waals surface area contributed by atoms with Gasteiger partial charge in [-0.05, 0) is 91.9 Å². The molecule has 0 aliphatic carbocycles. The third-order valence-electron chi connectivity index (χ3n) is 8.81. The first-order valence-electron chi connectivity index (χ1n) is 16.5. The summed E-state index contributed by atoms with van der Waals surface area (Å²) < 4.78 is 33.1. The number of carbonyl (C=O) groups is 5. The molecular weight excluding hydrogens is 714 g/mol. The Hall–Kier alpha value is -4.96. The van der Waals surface area contributed by atoms with E-state index in [0.717, 1.165) is 0 Å². The molecule has 1 aliphatic heterocycles. The number of oxazole rings is 1. The SMILES string of the molecule is CC(C)[C@H](N)C(=O)N(C(=O)c1ccc(C(=O)NS(=O)(=O)c2ccc(Cl)cc2)cc1)C(=O)[C@@H]1CCCN1[C@H](C(=O)c1nc2cc(O)ccc2o1)C(C)C. The van der Waals surface area contributed by atoms with Crippen molar-refractivity contribution in [3.8, 4) is 5.75 Å². The summed E-state index contributed by atoms with van der Waals surface area (Å²) in [4.78, 5) is 75.1. The number of nitrogens with zero attached hydrogens (tertiary/aromatic N) is 3. The van der Waals surface area contributed by atoms with Crippen molar-refractivity contribution in [3.63, 3.8) is 0 Å². The number of imide groups is 3. The standard InChI is InChI=1S/C36H38ClN5O9S/c1-19(2)29(38)36(48)42(34(46)22-9-7-21(8-10-22)32(45)40-52(49,50)25-14-11-23(37)12-15-25)35(47)27-6-5-17-41(27)30(20(3)4)31(44)33-39-26-18-24(43)13-16-28(26)51-33/h7-16,18-20,27,29-30,43H,5-6,17,38H2,1-4H3,(H,40,45)/t27-,29-,30-/m0/s1. The number of likely N-dealkylation sites (tertiary alicyclic amines) is 1. The van der Waals surface area contributed by atoms with Crippen molar-refractivity contribution in [1.82, 2.24) is 19.5 Å². The van der Waals surface area contributed by atoms with Crippen molar-refractivity contribution in [3.05, 3.63) is 88.8 Å². The molecular formula is C36H38ClN5O9S. The van der Waals surface area contributed by atoms with Crippen molar-refractivity contribution in [2.75, 3.05) is 6.54 Å². The molecule has 1 aliphatic rings. The molecule has 52 heavy (non-hydrogen) atoms. The minimum absolute atomic E-state index is 0.0561. The number of benzene rings is 3. The lowest BCUT2D eigenvalue weighted by Crippen LogP contribution is -2.58. The van der Waals surface area contributed by atoms with E-state index >= 15 is 0 Å². The van der Waals surface area contributed by atoms with Crippen LogP contribution in [0.25, 0.3) is 11.1 Å². The van der Waals surface area contributed by atoms with Gasteiger partial charge in [0.05, 0.1) is 23.0 Å². The molecule has 3 atom stereocenters. The summed E-state index contributed by atoms with van der Waals surface area (Å²) in [5.41, 5.74) is 6.48. The van der Waals surface area contributed by atoms with Gasteiger partial charge in [-0.15, -0.1) is 0 Å². The monoisotopic (exact) mass is 751 g/mol. The molecule has 1 fully saturated rings. The number of nitrogens with one attached hydrogen (secondary N) is 1. The van der Waals surface area contributed by atoms with Crippen molar-refractivity contribution in [2.24, 2.45) is 17.6 Å². The molecule has 0 saturated carbocycles.